The number of methoxy groups -OCH3 is 1. The number of nitrogens with zero attached hydrogens (tertiary/aromatic N) is 1. The molecule has 140 valence electrons. The summed E-state index contributed by atoms with van der Waals surface area (Å²) in [7, 11) is 1.52. The Labute approximate surface area is 163 Å². The van der Waals surface area contributed by atoms with E-state index in [1.54, 1.807) is 25.1 Å². The zero-order valence-electron chi connectivity index (χ0n) is 14.5. The van der Waals surface area contributed by atoms with Gasteiger partial charge in [-0.2, -0.15) is 0 Å². The number of amides is 2. The molecular formula is C17H18BrNO6S. The Balaban J connectivity index is 2.28. The number of thioether (sulfide) groups is 1. The van der Waals surface area contributed by atoms with Crippen molar-refractivity contribution in [2.45, 2.75) is 13.8 Å². The number of hydrogen-bond donors (Lipinski definition) is 0. The van der Waals surface area contributed by atoms with Crippen LogP contribution in [0.3, 0.4) is 0 Å². The van der Waals surface area contributed by atoms with E-state index in [1.807, 2.05) is 6.92 Å². The molecule has 26 heavy (non-hydrogen) atoms. The first-order valence-corrected chi connectivity index (χ1v) is 9.43. The van der Waals surface area contributed by atoms with Gasteiger partial charge in [0, 0.05) is 4.47 Å². The van der Waals surface area contributed by atoms with Gasteiger partial charge in [-0.3, -0.25) is 19.3 Å². The number of imide groups is 1. The predicted molar refractivity (Wildman–Crippen MR) is 101 cm³/mol. The first-order valence-electron chi connectivity index (χ1n) is 7.82. The highest BCUT2D eigenvalue weighted by Gasteiger charge is 2.36. The first kappa shape index (κ1) is 20.3. The number of carbonyl (C=O) groups is 3. The molecule has 0 aliphatic carbocycles. The summed E-state index contributed by atoms with van der Waals surface area (Å²) in [6.45, 7) is 3.78. The van der Waals surface area contributed by atoms with Gasteiger partial charge in [-0.25, -0.2) is 0 Å². The third-order valence-electron chi connectivity index (χ3n) is 3.34. The van der Waals surface area contributed by atoms with E-state index in [0.717, 1.165) is 16.7 Å². The Kier molecular flexibility index (Phi) is 7.10. The number of hydrogen-bond acceptors (Lipinski definition) is 7. The van der Waals surface area contributed by atoms with Crippen LogP contribution in [0.25, 0.3) is 6.08 Å². The summed E-state index contributed by atoms with van der Waals surface area (Å²) in [5, 5.41) is -0.511. The van der Waals surface area contributed by atoms with Crippen molar-refractivity contribution >= 4 is 50.9 Å². The van der Waals surface area contributed by atoms with Crippen molar-refractivity contribution in [2.75, 3.05) is 26.9 Å². The lowest BCUT2D eigenvalue weighted by atomic mass is 10.2. The van der Waals surface area contributed by atoms with E-state index in [0.29, 0.717) is 28.1 Å². The van der Waals surface area contributed by atoms with Crippen molar-refractivity contribution in [1.82, 2.24) is 4.90 Å². The molecule has 2 rings (SSSR count). The summed E-state index contributed by atoms with van der Waals surface area (Å²) in [6.07, 6.45) is 1.57. The fourth-order valence-electron chi connectivity index (χ4n) is 2.20. The molecule has 1 heterocycles. The summed E-state index contributed by atoms with van der Waals surface area (Å²) in [5.41, 5.74) is 0.645. The summed E-state index contributed by atoms with van der Waals surface area (Å²) < 4.78 is 16.3. The summed E-state index contributed by atoms with van der Waals surface area (Å²) in [5.74, 6) is -0.0886. The largest absolute Gasteiger partial charge is 0.493 e. The van der Waals surface area contributed by atoms with Crippen LogP contribution >= 0.6 is 27.7 Å². The van der Waals surface area contributed by atoms with Crippen LogP contribution in [-0.2, 0) is 14.3 Å². The predicted octanol–water partition coefficient (Wildman–Crippen LogP) is 3.46. The van der Waals surface area contributed by atoms with Crippen LogP contribution in [0.1, 0.15) is 19.4 Å². The Morgan fingerprint density at radius 3 is 2.58 bits per heavy atom. The number of halogens is 1. The molecule has 0 bridgehead atoms. The molecule has 2 amide bonds. The first-order chi connectivity index (χ1) is 12.4. The van der Waals surface area contributed by atoms with Gasteiger partial charge in [-0.15, -0.1) is 0 Å². The Hall–Kier alpha value is -2.00. The minimum Gasteiger partial charge on any atom is -0.493 e. The van der Waals surface area contributed by atoms with E-state index in [4.69, 9.17) is 14.2 Å². The quantitative estimate of drug-likeness (QED) is 0.471. The van der Waals surface area contributed by atoms with Crippen LogP contribution in [-0.4, -0.2) is 48.9 Å². The van der Waals surface area contributed by atoms with Crippen molar-refractivity contribution in [3.63, 3.8) is 0 Å². The minimum atomic E-state index is -0.625. The van der Waals surface area contributed by atoms with E-state index in [2.05, 4.69) is 15.9 Å². The van der Waals surface area contributed by atoms with E-state index < -0.39 is 23.7 Å². The number of rotatable bonds is 7. The summed E-state index contributed by atoms with van der Waals surface area (Å²) >= 11 is 4.20. The van der Waals surface area contributed by atoms with Gasteiger partial charge in [0.15, 0.2) is 11.5 Å². The fourth-order valence-corrected chi connectivity index (χ4v) is 3.47. The Bertz CT molecular complexity index is 764. The van der Waals surface area contributed by atoms with Crippen molar-refractivity contribution in [3.8, 4) is 11.5 Å². The van der Waals surface area contributed by atoms with Crippen molar-refractivity contribution < 1.29 is 28.6 Å². The highest BCUT2D eigenvalue weighted by Crippen LogP contribution is 2.37. The second-order valence-electron chi connectivity index (χ2n) is 5.03. The van der Waals surface area contributed by atoms with Crippen LogP contribution in [0.5, 0.6) is 11.5 Å². The molecule has 0 aromatic heterocycles. The lowest BCUT2D eigenvalue weighted by Gasteiger charge is -2.12. The Morgan fingerprint density at radius 2 is 1.96 bits per heavy atom. The molecule has 1 fully saturated rings. The lowest BCUT2D eigenvalue weighted by molar-refractivity contribution is -0.145. The topological polar surface area (TPSA) is 82.1 Å². The minimum absolute atomic E-state index is 0.184. The monoisotopic (exact) mass is 443 g/mol. The van der Waals surface area contributed by atoms with Gasteiger partial charge in [-0.1, -0.05) is 15.9 Å². The Morgan fingerprint density at radius 1 is 1.23 bits per heavy atom. The van der Waals surface area contributed by atoms with Crippen molar-refractivity contribution in [2.24, 2.45) is 0 Å². The average Bonchev–Trinajstić information content (AvgIpc) is 2.85. The van der Waals surface area contributed by atoms with Gasteiger partial charge >= 0.3 is 5.97 Å². The molecule has 0 atom stereocenters. The molecule has 0 unspecified atom stereocenters. The molecule has 9 heteroatoms. The highest BCUT2D eigenvalue weighted by atomic mass is 79.9. The van der Waals surface area contributed by atoms with Gasteiger partial charge in [0.2, 0.25) is 0 Å². The fraction of sp³-hybridized carbons (Fsp3) is 0.353. The van der Waals surface area contributed by atoms with Gasteiger partial charge in [-0.05, 0) is 49.4 Å². The van der Waals surface area contributed by atoms with Gasteiger partial charge < -0.3 is 14.2 Å². The zero-order valence-corrected chi connectivity index (χ0v) is 16.9. The second kappa shape index (κ2) is 9.09. The van der Waals surface area contributed by atoms with E-state index in [9.17, 15) is 14.4 Å². The molecule has 0 N–H and O–H groups in total. The van der Waals surface area contributed by atoms with Crippen LogP contribution < -0.4 is 9.47 Å². The van der Waals surface area contributed by atoms with E-state index in [1.165, 1.54) is 7.11 Å². The molecule has 0 radical (unpaired) electrons. The van der Waals surface area contributed by atoms with Crippen LogP contribution in [0.4, 0.5) is 4.79 Å². The molecule has 1 saturated heterocycles. The van der Waals surface area contributed by atoms with Crippen molar-refractivity contribution in [1.29, 1.82) is 0 Å². The standard InChI is InChI=1S/C17H18BrNO6S/c1-4-24-13-8-11(18)10(6-12(13)23-3)7-14-16(21)19(17(22)26-14)9-15(20)25-5-2/h6-8H,4-5,9H2,1-3H3/b14-7-. The highest BCUT2D eigenvalue weighted by molar-refractivity contribution is 9.10. The third-order valence-corrected chi connectivity index (χ3v) is 4.93. The van der Waals surface area contributed by atoms with E-state index >= 15 is 0 Å². The average molecular weight is 444 g/mol. The maximum atomic E-state index is 12.4. The van der Waals surface area contributed by atoms with Crippen LogP contribution in [0.15, 0.2) is 21.5 Å². The normalized spacial score (nSPS) is 15.5. The zero-order chi connectivity index (χ0) is 19.3. The van der Waals surface area contributed by atoms with Gasteiger partial charge in [0.1, 0.15) is 6.54 Å². The maximum Gasteiger partial charge on any atom is 0.326 e. The lowest BCUT2D eigenvalue weighted by Crippen LogP contribution is -2.34. The second-order valence-corrected chi connectivity index (χ2v) is 6.88. The molecule has 1 aliphatic rings. The molecular weight excluding hydrogens is 426 g/mol. The molecule has 7 nitrogen and oxygen atoms in total. The number of ether oxygens (including phenoxy) is 3. The number of benzene rings is 1. The maximum absolute atomic E-state index is 12.4. The third kappa shape index (κ3) is 4.59. The molecule has 1 aromatic carbocycles. The number of esters is 1. The van der Waals surface area contributed by atoms with Crippen LogP contribution in [0, 0.1) is 0 Å². The SMILES string of the molecule is CCOC(=O)CN1C(=O)S/C(=C\c2cc(OC)c(OCC)cc2Br)C1=O. The smallest absolute Gasteiger partial charge is 0.326 e. The van der Waals surface area contributed by atoms with Gasteiger partial charge in [0.25, 0.3) is 11.1 Å². The molecule has 1 aromatic rings. The van der Waals surface area contributed by atoms with Gasteiger partial charge in [0.05, 0.1) is 25.2 Å². The van der Waals surface area contributed by atoms with E-state index in [-0.39, 0.29) is 11.5 Å². The summed E-state index contributed by atoms with van der Waals surface area (Å²) in [4.78, 5) is 37.1. The molecule has 1 aliphatic heterocycles. The van der Waals surface area contributed by atoms with Crippen molar-refractivity contribution in [3.05, 3.63) is 27.1 Å². The summed E-state index contributed by atoms with van der Waals surface area (Å²) in [6, 6.07) is 3.44. The van der Waals surface area contributed by atoms with Crippen LogP contribution in [0.2, 0.25) is 0 Å². The molecule has 0 spiro atoms. The molecule has 0 saturated carbocycles. The number of carbonyl (C=O) groups excluding carboxylic acids is 3.